The third-order valence-corrected chi connectivity index (χ3v) is 3.98. The predicted molar refractivity (Wildman–Crippen MR) is 103 cm³/mol. The quantitative estimate of drug-likeness (QED) is 0.625. The highest BCUT2D eigenvalue weighted by molar-refractivity contribution is 5.89. The lowest BCUT2D eigenvalue weighted by molar-refractivity contribution is 0.0526. The first-order valence-electron chi connectivity index (χ1n) is 8.58. The zero-order valence-electron chi connectivity index (χ0n) is 15.2. The molecule has 0 saturated heterocycles. The van der Waals surface area contributed by atoms with Gasteiger partial charge in [-0.2, -0.15) is 9.97 Å². The first kappa shape index (κ1) is 18.3. The molecule has 9 heteroatoms. The van der Waals surface area contributed by atoms with Crippen LogP contribution in [-0.2, 0) is 11.3 Å². The number of hydrogen-bond acceptors (Lipinski definition) is 9. The highest BCUT2D eigenvalue weighted by Crippen LogP contribution is 2.20. The Hall–Kier alpha value is -3.49. The lowest BCUT2D eigenvalue weighted by Gasteiger charge is -2.23. The minimum absolute atomic E-state index is 0.0684. The zero-order chi connectivity index (χ0) is 19.4. The number of esters is 1. The zero-order valence-corrected chi connectivity index (χ0v) is 15.2. The molecule has 0 aliphatic carbocycles. The predicted octanol–water partition coefficient (Wildman–Crippen LogP) is 1.79. The first-order valence-corrected chi connectivity index (χ1v) is 8.58. The molecule has 3 rings (SSSR count). The van der Waals surface area contributed by atoms with Crippen molar-refractivity contribution in [1.82, 2.24) is 19.9 Å². The molecule has 0 unspecified atom stereocenters. The van der Waals surface area contributed by atoms with Gasteiger partial charge in [0.2, 0.25) is 5.95 Å². The summed E-state index contributed by atoms with van der Waals surface area (Å²) < 4.78 is 5.01. The summed E-state index contributed by atoms with van der Waals surface area (Å²) in [5.74, 6) is -0.0603. The average Bonchev–Trinajstić information content (AvgIpc) is 2.66. The van der Waals surface area contributed by atoms with Gasteiger partial charge in [-0.25, -0.2) is 14.8 Å². The third-order valence-electron chi connectivity index (χ3n) is 3.98. The molecule has 0 spiro atoms. The van der Waals surface area contributed by atoms with Crippen LogP contribution in [0.15, 0.2) is 30.5 Å². The molecule has 3 aromatic rings. The summed E-state index contributed by atoms with van der Waals surface area (Å²) in [5.41, 5.74) is 14.4. The number of aromatic nitrogens is 4. The van der Waals surface area contributed by atoms with E-state index in [0.717, 1.165) is 17.9 Å². The van der Waals surface area contributed by atoms with E-state index in [9.17, 15) is 4.79 Å². The third kappa shape index (κ3) is 4.02. The minimum Gasteiger partial charge on any atom is -0.462 e. The van der Waals surface area contributed by atoms with Gasteiger partial charge < -0.3 is 21.1 Å². The Labute approximate surface area is 156 Å². The van der Waals surface area contributed by atoms with Crippen molar-refractivity contribution in [1.29, 1.82) is 0 Å². The fraction of sp³-hybridized carbons (Fsp3) is 0.278. The summed E-state index contributed by atoms with van der Waals surface area (Å²) in [6.07, 6.45) is 1.64. The average molecular weight is 367 g/mol. The van der Waals surface area contributed by atoms with Crippen LogP contribution in [0.1, 0.15) is 29.9 Å². The monoisotopic (exact) mass is 367 g/mol. The fourth-order valence-electron chi connectivity index (χ4n) is 2.66. The maximum atomic E-state index is 11.8. The van der Waals surface area contributed by atoms with Crippen LogP contribution in [0.2, 0.25) is 0 Å². The van der Waals surface area contributed by atoms with Crippen LogP contribution in [-0.4, -0.2) is 39.1 Å². The van der Waals surface area contributed by atoms with Crippen molar-refractivity contribution in [3.05, 3.63) is 41.7 Å². The lowest BCUT2D eigenvalue weighted by atomic mass is 10.2. The molecule has 0 atom stereocenters. The van der Waals surface area contributed by atoms with Gasteiger partial charge in [-0.15, -0.1) is 0 Å². The standard InChI is InChI=1S/C18H21N7O2/c1-3-25(13-7-5-11(6-8-13)17(26)27-4-2)10-12-9-21-16-14(22-12)15(19)23-18(20)24-16/h5-9H,3-4,10H2,1-2H3,(H4,19,20,21,23,24). The number of hydrogen-bond donors (Lipinski definition) is 2. The molecule has 27 heavy (non-hydrogen) atoms. The molecule has 140 valence electrons. The first-order chi connectivity index (χ1) is 13.0. The van der Waals surface area contributed by atoms with Crippen molar-refractivity contribution in [2.75, 3.05) is 29.5 Å². The summed E-state index contributed by atoms with van der Waals surface area (Å²) in [4.78, 5) is 30.6. The highest BCUT2D eigenvalue weighted by atomic mass is 16.5. The molecule has 2 heterocycles. The van der Waals surface area contributed by atoms with Crippen LogP contribution >= 0.6 is 0 Å². The molecule has 0 amide bonds. The van der Waals surface area contributed by atoms with Gasteiger partial charge in [0.25, 0.3) is 0 Å². The number of ether oxygens (including phenoxy) is 1. The number of anilines is 3. The van der Waals surface area contributed by atoms with Crippen LogP contribution in [0, 0.1) is 0 Å². The van der Waals surface area contributed by atoms with E-state index < -0.39 is 0 Å². The van der Waals surface area contributed by atoms with Gasteiger partial charge in [0.05, 0.1) is 30.6 Å². The topological polar surface area (TPSA) is 133 Å². The number of nitrogen functional groups attached to an aromatic ring is 2. The van der Waals surface area contributed by atoms with Crippen molar-refractivity contribution in [3.63, 3.8) is 0 Å². The largest absolute Gasteiger partial charge is 0.462 e. The van der Waals surface area contributed by atoms with Crippen molar-refractivity contribution < 1.29 is 9.53 Å². The molecule has 0 aliphatic heterocycles. The molecule has 0 radical (unpaired) electrons. The van der Waals surface area contributed by atoms with Crippen molar-refractivity contribution in [3.8, 4) is 0 Å². The minimum atomic E-state index is -0.331. The second-order valence-corrected chi connectivity index (χ2v) is 5.78. The van der Waals surface area contributed by atoms with E-state index in [0.29, 0.717) is 29.9 Å². The summed E-state index contributed by atoms with van der Waals surface area (Å²) in [6, 6.07) is 7.25. The molecular formula is C18H21N7O2. The van der Waals surface area contributed by atoms with Crippen LogP contribution in [0.25, 0.3) is 11.2 Å². The molecule has 9 nitrogen and oxygen atoms in total. The van der Waals surface area contributed by atoms with Gasteiger partial charge >= 0.3 is 5.97 Å². The second kappa shape index (κ2) is 7.81. The number of carbonyl (C=O) groups is 1. The molecule has 0 saturated carbocycles. The Morgan fingerprint density at radius 2 is 1.85 bits per heavy atom. The number of benzene rings is 1. The van der Waals surface area contributed by atoms with Gasteiger partial charge in [-0.1, -0.05) is 0 Å². The number of rotatable bonds is 6. The number of nitrogens with two attached hydrogens (primary N) is 2. The molecular weight excluding hydrogens is 346 g/mol. The van der Waals surface area contributed by atoms with Crippen LogP contribution in [0.5, 0.6) is 0 Å². The Kier molecular flexibility index (Phi) is 5.30. The van der Waals surface area contributed by atoms with Crippen LogP contribution < -0.4 is 16.4 Å². The van der Waals surface area contributed by atoms with Gasteiger partial charge in [-0.3, -0.25) is 0 Å². The summed E-state index contributed by atoms with van der Waals surface area (Å²) in [7, 11) is 0. The SMILES string of the molecule is CCOC(=O)c1ccc(N(CC)Cc2cnc3nc(N)nc(N)c3n2)cc1. The molecule has 0 bridgehead atoms. The van der Waals surface area contributed by atoms with E-state index in [2.05, 4.69) is 24.8 Å². The van der Waals surface area contributed by atoms with Crippen LogP contribution in [0.3, 0.4) is 0 Å². The van der Waals surface area contributed by atoms with Crippen molar-refractivity contribution in [2.45, 2.75) is 20.4 Å². The van der Waals surface area contributed by atoms with E-state index in [1.807, 2.05) is 19.1 Å². The highest BCUT2D eigenvalue weighted by Gasteiger charge is 2.12. The molecule has 2 aromatic heterocycles. The molecule has 0 aliphatic rings. The smallest absolute Gasteiger partial charge is 0.338 e. The summed E-state index contributed by atoms with van der Waals surface area (Å²) >= 11 is 0. The van der Waals surface area contributed by atoms with Crippen LogP contribution in [0.4, 0.5) is 17.5 Å². The van der Waals surface area contributed by atoms with Gasteiger partial charge in [-0.05, 0) is 38.1 Å². The van der Waals surface area contributed by atoms with E-state index in [-0.39, 0.29) is 17.7 Å². The van der Waals surface area contributed by atoms with Gasteiger partial charge in [0.15, 0.2) is 17.0 Å². The normalized spacial score (nSPS) is 10.7. The lowest BCUT2D eigenvalue weighted by Crippen LogP contribution is -2.23. The maximum absolute atomic E-state index is 11.8. The Morgan fingerprint density at radius 3 is 2.52 bits per heavy atom. The number of nitrogens with zero attached hydrogens (tertiary/aromatic N) is 5. The van der Waals surface area contributed by atoms with Crippen molar-refractivity contribution in [2.24, 2.45) is 0 Å². The van der Waals surface area contributed by atoms with E-state index in [1.54, 1.807) is 25.3 Å². The van der Waals surface area contributed by atoms with Gasteiger partial charge in [0.1, 0.15) is 0 Å². The van der Waals surface area contributed by atoms with E-state index in [4.69, 9.17) is 16.2 Å². The van der Waals surface area contributed by atoms with Gasteiger partial charge in [0, 0.05) is 12.2 Å². The summed E-state index contributed by atoms with van der Waals surface area (Å²) in [6.45, 7) is 5.42. The maximum Gasteiger partial charge on any atom is 0.338 e. The fourth-order valence-corrected chi connectivity index (χ4v) is 2.66. The Morgan fingerprint density at radius 1 is 1.11 bits per heavy atom. The molecule has 1 aromatic carbocycles. The molecule has 0 fully saturated rings. The second-order valence-electron chi connectivity index (χ2n) is 5.78. The summed E-state index contributed by atoms with van der Waals surface area (Å²) in [5, 5.41) is 0. The number of fused-ring (bicyclic) bond motifs is 1. The van der Waals surface area contributed by atoms with E-state index in [1.165, 1.54) is 0 Å². The van der Waals surface area contributed by atoms with Crippen molar-refractivity contribution >= 4 is 34.6 Å². The number of carbonyl (C=O) groups excluding carboxylic acids is 1. The molecule has 4 N–H and O–H groups in total. The van der Waals surface area contributed by atoms with E-state index >= 15 is 0 Å². The Balaban J connectivity index is 1.82. The Bertz CT molecular complexity index is 960.